The summed E-state index contributed by atoms with van der Waals surface area (Å²) in [5.74, 6) is -0.406. The highest BCUT2D eigenvalue weighted by Crippen LogP contribution is 2.27. The van der Waals surface area contributed by atoms with Crippen molar-refractivity contribution in [1.29, 1.82) is 0 Å². The molecule has 0 unspecified atom stereocenters. The van der Waals surface area contributed by atoms with Gasteiger partial charge in [-0.2, -0.15) is 0 Å². The van der Waals surface area contributed by atoms with Gasteiger partial charge in [-0.3, -0.25) is 4.57 Å². The highest BCUT2D eigenvalue weighted by molar-refractivity contribution is 6.30. The molecule has 0 spiro atoms. The van der Waals surface area contributed by atoms with Gasteiger partial charge < -0.3 is 5.32 Å². The number of nitrogens with zero attached hydrogens (tertiary/aromatic N) is 2. The van der Waals surface area contributed by atoms with E-state index in [0.29, 0.717) is 5.69 Å². The van der Waals surface area contributed by atoms with E-state index < -0.39 is 5.82 Å². The lowest BCUT2D eigenvalue weighted by atomic mass is 10.1. The van der Waals surface area contributed by atoms with E-state index in [4.69, 9.17) is 11.6 Å². The maximum atomic E-state index is 14.0. The van der Waals surface area contributed by atoms with E-state index in [1.807, 2.05) is 0 Å². The van der Waals surface area contributed by atoms with Gasteiger partial charge in [0.1, 0.15) is 0 Å². The normalized spacial score (nSPS) is 19.3. The molecule has 3 nitrogen and oxygen atoms in total. The molecule has 0 saturated carbocycles. The Kier molecular flexibility index (Phi) is 3.06. The van der Waals surface area contributed by atoms with E-state index in [1.165, 1.54) is 0 Å². The van der Waals surface area contributed by atoms with Crippen LogP contribution in [-0.2, 0) is 0 Å². The molecular weight excluding hydrogens is 253 g/mol. The van der Waals surface area contributed by atoms with E-state index in [2.05, 4.69) is 10.3 Å². The van der Waals surface area contributed by atoms with E-state index in [1.54, 1.807) is 35.3 Å². The Morgan fingerprint density at radius 2 is 2.33 bits per heavy atom. The molecule has 0 amide bonds. The molecule has 1 N–H and O–H groups in total. The molecule has 0 aliphatic carbocycles. The SMILES string of the molecule is Fc1c(Cl)cccc1-n1cncc1[C@@H]1CCCN1. The predicted molar refractivity (Wildman–Crippen MR) is 68.5 cm³/mol. The summed E-state index contributed by atoms with van der Waals surface area (Å²) in [5.41, 5.74) is 1.43. The summed E-state index contributed by atoms with van der Waals surface area (Å²) in [4.78, 5) is 4.13. The van der Waals surface area contributed by atoms with Crippen molar-refractivity contribution in [3.05, 3.63) is 47.3 Å². The molecule has 2 aromatic rings. The van der Waals surface area contributed by atoms with Crippen LogP contribution in [0, 0.1) is 5.82 Å². The molecule has 5 heteroatoms. The second kappa shape index (κ2) is 4.71. The smallest absolute Gasteiger partial charge is 0.165 e. The molecule has 1 atom stereocenters. The Hall–Kier alpha value is -1.39. The Morgan fingerprint density at radius 3 is 3.11 bits per heavy atom. The van der Waals surface area contributed by atoms with Gasteiger partial charge in [0, 0.05) is 6.04 Å². The third kappa shape index (κ3) is 1.91. The van der Waals surface area contributed by atoms with Crippen molar-refractivity contribution in [2.75, 3.05) is 6.54 Å². The minimum absolute atomic E-state index is 0.131. The summed E-state index contributed by atoms with van der Waals surface area (Å²) in [6, 6.07) is 5.24. The third-order valence-corrected chi connectivity index (χ3v) is 3.57. The number of rotatable bonds is 2. The summed E-state index contributed by atoms with van der Waals surface area (Å²) < 4.78 is 15.8. The number of hydrogen-bond acceptors (Lipinski definition) is 2. The lowest BCUT2D eigenvalue weighted by Gasteiger charge is -2.14. The molecule has 1 aromatic heterocycles. The van der Waals surface area contributed by atoms with E-state index in [0.717, 1.165) is 25.1 Å². The summed E-state index contributed by atoms with van der Waals surface area (Å²) in [6.45, 7) is 0.994. The largest absolute Gasteiger partial charge is 0.309 e. The zero-order valence-corrected chi connectivity index (χ0v) is 10.5. The summed E-state index contributed by atoms with van der Waals surface area (Å²) in [6.07, 6.45) is 5.59. The van der Waals surface area contributed by atoms with Crippen molar-refractivity contribution in [2.45, 2.75) is 18.9 Å². The van der Waals surface area contributed by atoms with Gasteiger partial charge in [0.25, 0.3) is 0 Å². The predicted octanol–water partition coefficient (Wildman–Crippen LogP) is 3.09. The first-order chi connectivity index (χ1) is 8.77. The first-order valence-corrected chi connectivity index (χ1v) is 6.35. The molecular formula is C13H13ClFN3. The van der Waals surface area contributed by atoms with E-state index in [-0.39, 0.29) is 11.1 Å². The van der Waals surface area contributed by atoms with Gasteiger partial charge in [-0.25, -0.2) is 9.37 Å². The van der Waals surface area contributed by atoms with E-state index in [9.17, 15) is 4.39 Å². The van der Waals surface area contributed by atoms with Gasteiger partial charge in [-0.05, 0) is 31.5 Å². The first-order valence-electron chi connectivity index (χ1n) is 5.97. The maximum absolute atomic E-state index is 14.0. The molecule has 0 bridgehead atoms. The lowest BCUT2D eigenvalue weighted by molar-refractivity contribution is 0.591. The molecule has 1 aliphatic rings. The van der Waals surface area contributed by atoms with Crippen LogP contribution < -0.4 is 5.32 Å². The summed E-state index contributed by atoms with van der Waals surface area (Å²) in [5, 5.41) is 3.52. The lowest BCUT2D eigenvalue weighted by Crippen LogP contribution is -2.16. The summed E-state index contributed by atoms with van der Waals surface area (Å²) >= 11 is 5.82. The molecule has 2 heterocycles. The Morgan fingerprint density at radius 1 is 1.44 bits per heavy atom. The van der Waals surface area contributed by atoms with Crippen molar-refractivity contribution in [2.24, 2.45) is 0 Å². The molecule has 3 rings (SSSR count). The second-order valence-electron chi connectivity index (χ2n) is 4.41. The van der Waals surface area contributed by atoms with Crippen molar-refractivity contribution >= 4 is 11.6 Å². The Bertz CT molecular complexity index is 561. The molecule has 0 radical (unpaired) electrons. The standard InChI is InChI=1S/C13H13ClFN3/c14-9-3-1-5-11(13(9)15)18-8-16-7-12(18)10-4-2-6-17-10/h1,3,5,7-8,10,17H,2,4,6H2/t10-/m0/s1. The molecule has 1 aliphatic heterocycles. The maximum Gasteiger partial charge on any atom is 0.165 e. The van der Waals surface area contributed by atoms with Crippen molar-refractivity contribution < 1.29 is 4.39 Å². The van der Waals surface area contributed by atoms with Gasteiger partial charge >= 0.3 is 0 Å². The van der Waals surface area contributed by atoms with Gasteiger partial charge in [-0.1, -0.05) is 17.7 Å². The molecule has 1 saturated heterocycles. The Labute approximate surface area is 110 Å². The van der Waals surface area contributed by atoms with Gasteiger partial charge in [0.15, 0.2) is 5.82 Å². The first kappa shape index (κ1) is 11.7. The monoisotopic (exact) mass is 265 g/mol. The van der Waals surface area contributed by atoms with Crippen LogP contribution in [0.1, 0.15) is 24.6 Å². The van der Waals surface area contributed by atoms with Crippen LogP contribution in [0.4, 0.5) is 4.39 Å². The van der Waals surface area contributed by atoms with Gasteiger partial charge in [-0.15, -0.1) is 0 Å². The highest BCUT2D eigenvalue weighted by atomic mass is 35.5. The molecule has 18 heavy (non-hydrogen) atoms. The topological polar surface area (TPSA) is 29.9 Å². The van der Waals surface area contributed by atoms with Crippen LogP contribution >= 0.6 is 11.6 Å². The van der Waals surface area contributed by atoms with Crippen LogP contribution in [0.25, 0.3) is 5.69 Å². The van der Waals surface area contributed by atoms with Crippen molar-refractivity contribution in [3.8, 4) is 5.69 Å². The fourth-order valence-electron chi connectivity index (χ4n) is 2.38. The van der Waals surface area contributed by atoms with Crippen molar-refractivity contribution in [1.82, 2.24) is 14.9 Å². The van der Waals surface area contributed by atoms with Crippen LogP contribution in [-0.4, -0.2) is 16.1 Å². The number of aromatic nitrogens is 2. The van der Waals surface area contributed by atoms with Crippen molar-refractivity contribution in [3.63, 3.8) is 0 Å². The second-order valence-corrected chi connectivity index (χ2v) is 4.82. The average molecular weight is 266 g/mol. The van der Waals surface area contributed by atoms with E-state index >= 15 is 0 Å². The van der Waals surface area contributed by atoms with Crippen LogP contribution in [0.15, 0.2) is 30.7 Å². The minimum Gasteiger partial charge on any atom is -0.309 e. The van der Waals surface area contributed by atoms with Crippen LogP contribution in [0.5, 0.6) is 0 Å². The Balaban J connectivity index is 2.06. The number of nitrogens with one attached hydrogen (secondary N) is 1. The number of hydrogen-bond donors (Lipinski definition) is 1. The average Bonchev–Trinajstić information content (AvgIpc) is 3.01. The summed E-state index contributed by atoms with van der Waals surface area (Å²) in [7, 11) is 0. The zero-order valence-electron chi connectivity index (χ0n) is 9.74. The number of benzene rings is 1. The van der Waals surface area contributed by atoms with Crippen LogP contribution in [0.2, 0.25) is 5.02 Å². The highest BCUT2D eigenvalue weighted by Gasteiger charge is 2.21. The zero-order chi connectivity index (χ0) is 12.5. The molecule has 1 fully saturated rings. The molecule has 94 valence electrons. The minimum atomic E-state index is -0.406. The number of imidazole rings is 1. The van der Waals surface area contributed by atoms with Crippen LogP contribution in [0.3, 0.4) is 0 Å². The fourth-order valence-corrected chi connectivity index (χ4v) is 2.55. The quantitative estimate of drug-likeness (QED) is 0.904. The number of halogens is 2. The van der Waals surface area contributed by atoms with Gasteiger partial charge in [0.2, 0.25) is 0 Å². The fraction of sp³-hybridized carbons (Fsp3) is 0.308. The third-order valence-electron chi connectivity index (χ3n) is 3.28. The molecule has 1 aromatic carbocycles. The van der Waals surface area contributed by atoms with Gasteiger partial charge in [0.05, 0.1) is 28.9 Å².